The topological polar surface area (TPSA) is 255 Å². The van der Waals surface area contributed by atoms with Crippen molar-refractivity contribution in [2.45, 2.75) is 131 Å². The highest BCUT2D eigenvalue weighted by atomic mass is 16.6. The molecule has 19 heteroatoms. The fourth-order valence-electron chi connectivity index (χ4n) is 7.81. The number of phenolic OH excluding ortho intramolecular Hbond substituents is 1. The van der Waals surface area contributed by atoms with Gasteiger partial charge in [0.1, 0.15) is 25.4 Å². The molecule has 0 heterocycles. The van der Waals surface area contributed by atoms with Crippen molar-refractivity contribution >= 4 is 47.2 Å². The maximum atomic E-state index is 13.4. The van der Waals surface area contributed by atoms with Crippen molar-refractivity contribution < 1.29 is 67.1 Å². The number of unbranched alkanes of at least 4 members (excludes halogenated alkanes) is 2. The van der Waals surface area contributed by atoms with Crippen molar-refractivity contribution in [1.29, 1.82) is 0 Å². The van der Waals surface area contributed by atoms with Crippen LogP contribution in [-0.2, 0) is 76.8 Å². The molecule has 0 fully saturated rings. The van der Waals surface area contributed by atoms with E-state index >= 15 is 0 Å². The van der Waals surface area contributed by atoms with E-state index in [0.717, 1.165) is 29.5 Å². The first-order valence-corrected chi connectivity index (χ1v) is 27.4. The molecule has 0 aliphatic carbocycles. The van der Waals surface area contributed by atoms with Gasteiger partial charge in [-0.15, -0.1) is 0 Å². The van der Waals surface area contributed by atoms with Gasteiger partial charge in [-0.1, -0.05) is 101 Å². The number of benzene rings is 3. The third-order valence-corrected chi connectivity index (χ3v) is 12.7. The van der Waals surface area contributed by atoms with Crippen molar-refractivity contribution in [2.75, 3.05) is 77.8 Å². The molecule has 3 aromatic carbocycles. The van der Waals surface area contributed by atoms with Gasteiger partial charge in [0, 0.05) is 45.3 Å². The first-order chi connectivity index (χ1) is 37.5. The fraction of sp³-hybridized carbons (Fsp3) is 0.576. The number of carbonyl (C=O) groups excluding carboxylic acids is 7. The van der Waals surface area contributed by atoms with Crippen LogP contribution in [0, 0.1) is 17.3 Å². The third-order valence-electron chi connectivity index (χ3n) is 12.7. The molecule has 3 rings (SSSR count). The fourth-order valence-corrected chi connectivity index (χ4v) is 7.81. The van der Waals surface area contributed by atoms with E-state index < -0.39 is 24.0 Å². The van der Waals surface area contributed by atoms with E-state index in [4.69, 9.17) is 28.4 Å². The molecule has 5 amide bonds. The Labute approximate surface area is 461 Å². The summed E-state index contributed by atoms with van der Waals surface area (Å²) in [6.45, 7) is 14.3. The van der Waals surface area contributed by atoms with Gasteiger partial charge in [-0.3, -0.25) is 28.8 Å². The van der Waals surface area contributed by atoms with E-state index in [-0.39, 0.29) is 139 Å². The number of phenols is 1. The highest BCUT2D eigenvalue weighted by Gasteiger charge is 2.23. The minimum atomic E-state index is -0.810. The highest BCUT2D eigenvalue weighted by molar-refractivity contribution is 5.94. The van der Waals surface area contributed by atoms with Gasteiger partial charge >= 0.3 is 12.1 Å². The van der Waals surface area contributed by atoms with Gasteiger partial charge in [-0.2, -0.15) is 0 Å². The summed E-state index contributed by atoms with van der Waals surface area (Å²) >= 11 is 0. The number of Topliss-reactive ketones (excluding diaryl/α,β-unsaturated/α-hetero) is 1. The molecule has 0 radical (unpaired) electrons. The number of carbonyl (C=O) groups is 7. The van der Waals surface area contributed by atoms with Crippen LogP contribution in [0.5, 0.6) is 5.75 Å². The summed E-state index contributed by atoms with van der Waals surface area (Å²) in [6.07, 6.45) is 3.71. The summed E-state index contributed by atoms with van der Waals surface area (Å²) in [4.78, 5) is 87.4. The maximum Gasteiger partial charge on any atom is 0.408 e. The van der Waals surface area contributed by atoms with Gasteiger partial charge in [0.05, 0.1) is 64.6 Å². The van der Waals surface area contributed by atoms with Crippen LogP contribution in [0.1, 0.15) is 122 Å². The molecule has 1 unspecified atom stereocenters. The number of hydrogen-bond donors (Lipinski definition) is 6. The average molecular weight is 1090 g/mol. The zero-order valence-corrected chi connectivity index (χ0v) is 46.7. The lowest BCUT2D eigenvalue weighted by Crippen LogP contribution is -2.41. The summed E-state index contributed by atoms with van der Waals surface area (Å²) < 4.78 is 32.3. The molecule has 0 aromatic heterocycles. The van der Waals surface area contributed by atoms with Crippen LogP contribution < -0.4 is 26.6 Å². The summed E-state index contributed by atoms with van der Waals surface area (Å²) in [7, 11) is 0. The van der Waals surface area contributed by atoms with Crippen LogP contribution in [0.2, 0.25) is 0 Å². The van der Waals surface area contributed by atoms with Gasteiger partial charge in [0.2, 0.25) is 23.6 Å². The van der Waals surface area contributed by atoms with E-state index in [2.05, 4.69) is 61.2 Å². The molecule has 3 atom stereocenters. The molecule has 0 spiro atoms. The Kier molecular flexibility index (Phi) is 33.0. The smallest absolute Gasteiger partial charge is 0.408 e. The molecule has 0 aliphatic rings. The van der Waals surface area contributed by atoms with Crippen LogP contribution in [0.15, 0.2) is 78.9 Å². The molecule has 0 saturated carbocycles. The molecule has 0 saturated heterocycles. The number of anilines is 1. The SMILES string of the molecule is CC(C[C@@H](C)Cc1ccc(O)c(NC(=O)CCCCC(=O)[C@H](CCCCNC(=O)CCOCCOCCNC(=O)CCOCCOCCNC(=O)CC(=O)OCc2ccccc2)NC(=O)OCc2ccccc2)c1)C(C)(C)C. The van der Waals surface area contributed by atoms with Gasteiger partial charge in [-0.05, 0) is 91.0 Å². The zero-order chi connectivity index (χ0) is 56.8. The molecule has 432 valence electrons. The molecular formula is C59H87N5O14. The first-order valence-electron chi connectivity index (χ1n) is 27.4. The van der Waals surface area contributed by atoms with Gasteiger partial charge < -0.3 is 60.1 Å². The first kappa shape index (κ1) is 65.9. The summed E-state index contributed by atoms with van der Waals surface area (Å²) in [6, 6.07) is 22.9. The molecule has 3 aromatic rings. The second-order valence-electron chi connectivity index (χ2n) is 20.5. The monoisotopic (exact) mass is 1090 g/mol. The second kappa shape index (κ2) is 39.0. The number of aromatic hydroxyl groups is 1. The van der Waals surface area contributed by atoms with Crippen LogP contribution >= 0.6 is 0 Å². The van der Waals surface area contributed by atoms with Crippen LogP contribution in [0.3, 0.4) is 0 Å². The predicted molar refractivity (Wildman–Crippen MR) is 296 cm³/mol. The number of nitrogens with one attached hydrogen (secondary N) is 5. The second-order valence-corrected chi connectivity index (χ2v) is 20.5. The largest absolute Gasteiger partial charge is 0.506 e. The van der Waals surface area contributed by atoms with E-state index in [1.807, 2.05) is 72.8 Å². The minimum Gasteiger partial charge on any atom is -0.506 e. The Bertz CT molecular complexity index is 2230. The lowest BCUT2D eigenvalue weighted by Gasteiger charge is -2.29. The molecule has 0 aliphatic heterocycles. The Balaban J connectivity index is 1.20. The molecule has 19 nitrogen and oxygen atoms in total. The Morgan fingerprint density at radius 2 is 1.09 bits per heavy atom. The van der Waals surface area contributed by atoms with Crippen molar-refractivity contribution in [2.24, 2.45) is 17.3 Å². The van der Waals surface area contributed by atoms with Gasteiger partial charge in [-0.25, -0.2) is 4.79 Å². The number of esters is 1. The Hall–Kier alpha value is -6.41. The summed E-state index contributed by atoms with van der Waals surface area (Å²) in [5.41, 5.74) is 3.26. The van der Waals surface area contributed by atoms with Crippen LogP contribution in [-0.4, -0.2) is 125 Å². The summed E-state index contributed by atoms with van der Waals surface area (Å²) in [5.74, 6) is -0.922. The normalized spacial score (nSPS) is 12.4. The lowest BCUT2D eigenvalue weighted by atomic mass is 9.76. The number of rotatable bonds is 41. The van der Waals surface area contributed by atoms with E-state index in [9.17, 15) is 38.7 Å². The maximum absolute atomic E-state index is 13.4. The molecule has 6 N–H and O–H groups in total. The highest BCUT2D eigenvalue weighted by Crippen LogP contribution is 2.33. The quantitative estimate of drug-likeness (QED) is 0.0139. The van der Waals surface area contributed by atoms with Crippen molar-refractivity contribution in [3.63, 3.8) is 0 Å². The standard InChI is InChI=1S/C59H87N5O14/c1-44(38-45(2)59(3,4)5)39-48-23-24-52(66)50(40-48)63-55(69)22-13-12-21-51(65)49(64-58(72)78-43-47-18-10-7-11-19-47)20-14-15-27-60-53(67)25-30-73-34-36-75-32-28-61-54(68)26-31-74-35-37-76-33-29-62-56(70)41-57(71)77-42-46-16-8-6-9-17-46/h6-11,16-19,23-24,40,44-45,49,66H,12-15,20-22,25-39,41-43H2,1-5H3,(H,60,67)(H,61,68)(H,62,70)(H,63,69)(H,64,72)/t44-,45?,49+/m1/s1. The molecule has 0 bridgehead atoms. The van der Waals surface area contributed by atoms with E-state index in [0.29, 0.717) is 62.7 Å². The van der Waals surface area contributed by atoms with Crippen LogP contribution in [0.25, 0.3) is 0 Å². The average Bonchev–Trinajstić information content (AvgIpc) is 3.40. The van der Waals surface area contributed by atoms with Gasteiger partial charge in [0.15, 0.2) is 5.78 Å². The lowest BCUT2D eigenvalue weighted by molar-refractivity contribution is -0.147. The zero-order valence-electron chi connectivity index (χ0n) is 46.7. The third kappa shape index (κ3) is 31.7. The van der Waals surface area contributed by atoms with Crippen molar-refractivity contribution in [3.05, 3.63) is 95.6 Å². The van der Waals surface area contributed by atoms with Crippen molar-refractivity contribution in [1.82, 2.24) is 21.3 Å². The van der Waals surface area contributed by atoms with Crippen molar-refractivity contribution in [3.8, 4) is 5.75 Å². The van der Waals surface area contributed by atoms with E-state index in [1.165, 1.54) is 0 Å². The summed E-state index contributed by atoms with van der Waals surface area (Å²) in [5, 5.41) is 24.2. The number of amides is 5. The molecule has 78 heavy (non-hydrogen) atoms. The number of ether oxygens (including phenoxy) is 6. The number of ketones is 1. The predicted octanol–water partition coefficient (Wildman–Crippen LogP) is 7.51. The minimum absolute atomic E-state index is 0.00398. The number of alkyl carbamates (subject to hydrolysis) is 1. The van der Waals surface area contributed by atoms with Gasteiger partial charge in [0.25, 0.3) is 0 Å². The molecular weight excluding hydrogens is 1000 g/mol. The number of hydrogen-bond acceptors (Lipinski definition) is 14. The Morgan fingerprint density at radius 3 is 1.68 bits per heavy atom. The van der Waals surface area contributed by atoms with Crippen LogP contribution in [0.4, 0.5) is 10.5 Å². The Morgan fingerprint density at radius 1 is 0.551 bits per heavy atom. The van der Waals surface area contributed by atoms with E-state index in [1.54, 1.807) is 6.07 Å².